The highest BCUT2D eigenvalue weighted by molar-refractivity contribution is 5.83. The normalized spacial score (nSPS) is 10.1. The van der Waals surface area contributed by atoms with Gasteiger partial charge in [-0.15, -0.1) is 0 Å². The number of nitrogens with zero attached hydrogens (tertiary/aromatic N) is 1. The number of ether oxygens (including phenoxy) is 1. The highest BCUT2D eigenvalue weighted by Crippen LogP contribution is 2.15. The van der Waals surface area contributed by atoms with E-state index in [4.69, 9.17) is 4.74 Å². The van der Waals surface area contributed by atoms with Crippen molar-refractivity contribution in [1.29, 1.82) is 0 Å². The summed E-state index contributed by atoms with van der Waals surface area (Å²) in [5, 5.41) is 3.68. The van der Waals surface area contributed by atoms with Crippen LogP contribution in [0, 0.1) is 0 Å². The zero-order chi connectivity index (χ0) is 10.2. The summed E-state index contributed by atoms with van der Waals surface area (Å²) in [4.78, 5) is 9.95. The zero-order valence-electron chi connectivity index (χ0n) is 7.93. The maximum absolute atomic E-state index is 9.95. The molecule has 0 aliphatic rings. The molecule has 0 saturated carbocycles. The van der Waals surface area contributed by atoms with Crippen LogP contribution in [0.15, 0.2) is 29.4 Å². The molecule has 0 aromatic heterocycles. The van der Waals surface area contributed by atoms with Crippen molar-refractivity contribution in [3.05, 3.63) is 29.8 Å². The number of hydrazone groups is 1. The minimum Gasteiger partial charge on any atom is -0.493 e. The number of hydrogen-bond donors (Lipinski definition) is 1. The van der Waals surface area contributed by atoms with Crippen molar-refractivity contribution in [3.8, 4) is 5.75 Å². The molecule has 4 heteroatoms. The number of rotatable bonds is 5. The fourth-order valence-corrected chi connectivity index (χ4v) is 1.01. The second kappa shape index (κ2) is 5.75. The first-order valence-electron chi connectivity index (χ1n) is 4.32. The number of amides is 1. The van der Waals surface area contributed by atoms with Crippen molar-refractivity contribution in [2.75, 3.05) is 6.61 Å². The third-order valence-electron chi connectivity index (χ3n) is 1.55. The third kappa shape index (κ3) is 2.90. The van der Waals surface area contributed by atoms with E-state index in [1.165, 1.54) is 0 Å². The van der Waals surface area contributed by atoms with Crippen LogP contribution in [-0.2, 0) is 4.79 Å². The van der Waals surface area contributed by atoms with Crippen LogP contribution < -0.4 is 10.2 Å². The van der Waals surface area contributed by atoms with Crippen molar-refractivity contribution >= 4 is 12.6 Å². The molecule has 0 aliphatic carbocycles. The fourth-order valence-electron chi connectivity index (χ4n) is 1.01. The van der Waals surface area contributed by atoms with E-state index < -0.39 is 0 Å². The number of benzene rings is 1. The van der Waals surface area contributed by atoms with Gasteiger partial charge in [-0.1, -0.05) is 12.1 Å². The summed E-state index contributed by atoms with van der Waals surface area (Å²) >= 11 is 0. The minimum atomic E-state index is 0.514. The molecule has 1 rings (SSSR count). The van der Waals surface area contributed by atoms with E-state index in [0.29, 0.717) is 13.0 Å². The lowest BCUT2D eigenvalue weighted by Crippen LogP contribution is -2.02. The van der Waals surface area contributed by atoms with Crippen LogP contribution in [0.4, 0.5) is 0 Å². The largest absolute Gasteiger partial charge is 0.493 e. The van der Waals surface area contributed by atoms with Gasteiger partial charge in [0.25, 0.3) is 0 Å². The predicted molar refractivity (Wildman–Crippen MR) is 54.4 cm³/mol. The predicted octanol–water partition coefficient (Wildman–Crippen LogP) is 1.17. The van der Waals surface area contributed by atoms with Gasteiger partial charge in [-0.05, 0) is 19.1 Å². The van der Waals surface area contributed by atoms with E-state index in [1.807, 2.05) is 31.2 Å². The Kier molecular flexibility index (Phi) is 4.20. The van der Waals surface area contributed by atoms with E-state index in [2.05, 4.69) is 10.5 Å². The summed E-state index contributed by atoms with van der Waals surface area (Å²) in [6, 6.07) is 7.48. The van der Waals surface area contributed by atoms with Crippen molar-refractivity contribution in [2.24, 2.45) is 5.10 Å². The summed E-state index contributed by atoms with van der Waals surface area (Å²) in [6.45, 7) is 2.52. The molecule has 0 bridgehead atoms. The van der Waals surface area contributed by atoms with Gasteiger partial charge in [0.1, 0.15) is 5.75 Å². The van der Waals surface area contributed by atoms with Gasteiger partial charge >= 0.3 is 0 Å². The average molecular weight is 192 g/mol. The molecule has 0 fully saturated rings. The second-order valence-corrected chi connectivity index (χ2v) is 2.48. The zero-order valence-corrected chi connectivity index (χ0v) is 7.93. The molecule has 0 saturated heterocycles. The summed E-state index contributed by atoms with van der Waals surface area (Å²) in [5.74, 6) is 0.756. The maximum Gasteiger partial charge on any atom is 0.227 e. The van der Waals surface area contributed by atoms with Crippen LogP contribution >= 0.6 is 0 Å². The molecule has 0 spiro atoms. The number of carbonyl (C=O) groups excluding carboxylic acids is 1. The Labute approximate surface area is 82.6 Å². The number of hydrogen-bond acceptors (Lipinski definition) is 3. The molecule has 0 atom stereocenters. The molecule has 1 aromatic rings. The van der Waals surface area contributed by atoms with Crippen molar-refractivity contribution in [3.63, 3.8) is 0 Å². The maximum atomic E-state index is 9.95. The van der Waals surface area contributed by atoms with Gasteiger partial charge in [-0.2, -0.15) is 5.10 Å². The molecule has 0 aliphatic heterocycles. The summed E-state index contributed by atoms with van der Waals surface area (Å²) in [7, 11) is 0. The molecule has 0 radical (unpaired) electrons. The van der Waals surface area contributed by atoms with E-state index in [0.717, 1.165) is 11.3 Å². The number of carbonyl (C=O) groups is 1. The fraction of sp³-hybridized carbons (Fsp3) is 0.200. The van der Waals surface area contributed by atoms with Crippen molar-refractivity contribution in [1.82, 2.24) is 5.43 Å². The Bertz CT molecular complexity index is 324. The van der Waals surface area contributed by atoms with Crippen LogP contribution in [0.3, 0.4) is 0 Å². The third-order valence-corrected chi connectivity index (χ3v) is 1.55. The molecular weight excluding hydrogens is 180 g/mol. The minimum absolute atomic E-state index is 0.514. The first kappa shape index (κ1) is 10.2. The van der Waals surface area contributed by atoms with Gasteiger partial charge in [-0.25, -0.2) is 5.43 Å². The average Bonchev–Trinajstić information content (AvgIpc) is 2.21. The van der Waals surface area contributed by atoms with Crippen LogP contribution in [-0.4, -0.2) is 19.2 Å². The molecule has 1 aromatic carbocycles. The van der Waals surface area contributed by atoms with Crippen LogP contribution in [0.2, 0.25) is 0 Å². The Balaban J connectivity index is 2.78. The quantitative estimate of drug-likeness (QED) is 0.432. The Morgan fingerprint density at radius 3 is 3.00 bits per heavy atom. The van der Waals surface area contributed by atoms with E-state index in [1.54, 1.807) is 6.21 Å². The Hall–Kier alpha value is -1.84. The van der Waals surface area contributed by atoms with Gasteiger partial charge in [-0.3, -0.25) is 4.79 Å². The monoisotopic (exact) mass is 192 g/mol. The summed E-state index contributed by atoms with van der Waals surface area (Å²) in [5.41, 5.74) is 3.04. The summed E-state index contributed by atoms with van der Waals surface area (Å²) < 4.78 is 5.36. The van der Waals surface area contributed by atoms with E-state index in [-0.39, 0.29) is 0 Å². The highest BCUT2D eigenvalue weighted by atomic mass is 16.5. The Morgan fingerprint density at radius 2 is 2.29 bits per heavy atom. The lowest BCUT2D eigenvalue weighted by atomic mass is 10.2. The molecule has 1 amide bonds. The number of para-hydroxylation sites is 1. The van der Waals surface area contributed by atoms with Gasteiger partial charge < -0.3 is 4.74 Å². The molecule has 1 N–H and O–H groups in total. The molecular formula is C10H12N2O2. The van der Waals surface area contributed by atoms with E-state index in [9.17, 15) is 4.79 Å². The van der Waals surface area contributed by atoms with Gasteiger partial charge in [0, 0.05) is 5.56 Å². The van der Waals surface area contributed by atoms with Gasteiger partial charge in [0.05, 0.1) is 12.8 Å². The van der Waals surface area contributed by atoms with Crippen LogP contribution in [0.5, 0.6) is 5.75 Å². The standard InChI is InChI=1S/C10H12N2O2/c1-2-14-10-6-4-3-5-9(10)7-11-12-8-13/h3-8H,2H2,1H3,(H,12,13)/b11-7-. The smallest absolute Gasteiger partial charge is 0.227 e. The Morgan fingerprint density at radius 1 is 1.50 bits per heavy atom. The molecule has 0 heterocycles. The molecule has 74 valence electrons. The number of nitrogens with one attached hydrogen (secondary N) is 1. The first-order chi connectivity index (χ1) is 6.88. The molecule has 0 unspecified atom stereocenters. The second-order valence-electron chi connectivity index (χ2n) is 2.48. The van der Waals surface area contributed by atoms with Crippen LogP contribution in [0.25, 0.3) is 0 Å². The molecule has 14 heavy (non-hydrogen) atoms. The topological polar surface area (TPSA) is 50.7 Å². The van der Waals surface area contributed by atoms with Gasteiger partial charge in [0.2, 0.25) is 6.41 Å². The van der Waals surface area contributed by atoms with Crippen LogP contribution in [0.1, 0.15) is 12.5 Å². The molecule has 4 nitrogen and oxygen atoms in total. The van der Waals surface area contributed by atoms with Crippen molar-refractivity contribution in [2.45, 2.75) is 6.92 Å². The highest BCUT2D eigenvalue weighted by Gasteiger charge is 1.97. The van der Waals surface area contributed by atoms with E-state index >= 15 is 0 Å². The lowest BCUT2D eigenvalue weighted by molar-refractivity contribution is -0.109. The first-order valence-corrected chi connectivity index (χ1v) is 4.32. The SMILES string of the molecule is CCOc1ccccc1/C=N\NC=O. The summed E-state index contributed by atoms with van der Waals surface area (Å²) in [6.07, 6.45) is 2.05. The van der Waals surface area contributed by atoms with Crippen molar-refractivity contribution < 1.29 is 9.53 Å². The lowest BCUT2D eigenvalue weighted by Gasteiger charge is -2.05. The van der Waals surface area contributed by atoms with Gasteiger partial charge in [0.15, 0.2) is 0 Å².